The summed E-state index contributed by atoms with van der Waals surface area (Å²) in [5.74, 6) is -0.523. The molecule has 15 heteroatoms. The number of fused-ring (bicyclic) bond motifs is 1. The molecule has 0 fully saturated rings. The summed E-state index contributed by atoms with van der Waals surface area (Å²) in [6.45, 7) is 6.32. The molecule has 0 aliphatic carbocycles. The number of nitrogens with zero attached hydrogens (tertiary/aromatic N) is 3. The standard InChI is InChI=1S/C27H33ClN4O8S2/c1-16-13-32(17(2)15-33)27(34)23-12-21(30-41(35,36)22-9-6-20(28)7-10-22)8-11-24(23)39-25(16)14-31(5)42(37,38)26-18(3)29-40-19(26)4/h6-12,16-17,25,30,33H,13-15H2,1-5H3/t16-,17-,25-/m1/s1. The molecular formula is C27H33ClN4O8S2. The number of aliphatic hydroxyl groups excluding tert-OH is 1. The number of amides is 1. The molecule has 1 aromatic heterocycles. The Bertz CT molecular complexity index is 1660. The Morgan fingerprint density at radius 1 is 1.17 bits per heavy atom. The van der Waals surface area contributed by atoms with Crippen LogP contribution in [0.1, 0.15) is 35.7 Å². The summed E-state index contributed by atoms with van der Waals surface area (Å²) in [6.07, 6.45) is -0.720. The molecule has 42 heavy (non-hydrogen) atoms. The van der Waals surface area contributed by atoms with Gasteiger partial charge in [0.25, 0.3) is 15.9 Å². The van der Waals surface area contributed by atoms with E-state index in [2.05, 4.69) is 9.88 Å². The van der Waals surface area contributed by atoms with Crippen LogP contribution < -0.4 is 9.46 Å². The molecule has 1 amide bonds. The average Bonchev–Trinajstić information content (AvgIpc) is 3.28. The van der Waals surface area contributed by atoms with Gasteiger partial charge >= 0.3 is 0 Å². The fraction of sp³-hybridized carbons (Fsp3) is 0.407. The van der Waals surface area contributed by atoms with Crippen LogP contribution in [0.4, 0.5) is 5.69 Å². The van der Waals surface area contributed by atoms with Crippen LogP contribution in [-0.4, -0.2) is 81.1 Å². The second-order valence-corrected chi connectivity index (χ2v) is 14.4. The van der Waals surface area contributed by atoms with E-state index in [4.69, 9.17) is 20.9 Å². The molecule has 3 atom stereocenters. The van der Waals surface area contributed by atoms with Crippen molar-refractivity contribution in [1.82, 2.24) is 14.4 Å². The normalized spacial score (nSPS) is 18.7. The maximum absolute atomic E-state index is 13.7. The third-order valence-electron chi connectivity index (χ3n) is 7.11. The molecule has 0 radical (unpaired) electrons. The molecular weight excluding hydrogens is 608 g/mol. The summed E-state index contributed by atoms with van der Waals surface area (Å²) in [7, 11) is -6.57. The van der Waals surface area contributed by atoms with E-state index >= 15 is 0 Å². The average molecular weight is 641 g/mol. The lowest BCUT2D eigenvalue weighted by atomic mass is 9.99. The first-order valence-corrected chi connectivity index (χ1v) is 16.4. The Hall–Kier alpha value is -3.17. The third kappa shape index (κ3) is 6.42. The number of halogens is 1. The van der Waals surface area contributed by atoms with Gasteiger partial charge < -0.3 is 19.3 Å². The molecule has 2 heterocycles. The van der Waals surface area contributed by atoms with Gasteiger partial charge in [0, 0.05) is 30.2 Å². The molecule has 0 saturated carbocycles. The minimum absolute atomic E-state index is 0.0202. The number of carbonyl (C=O) groups is 1. The van der Waals surface area contributed by atoms with E-state index in [1.165, 1.54) is 61.3 Å². The van der Waals surface area contributed by atoms with E-state index in [-0.39, 0.29) is 63.9 Å². The highest BCUT2D eigenvalue weighted by Gasteiger charge is 2.37. The van der Waals surface area contributed by atoms with Crippen molar-refractivity contribution < 1.29 is 36.0 Å². The first-order chi connectivity index (χ1) is 19.6. The zero-order valence-electron chi connectivity index (χ0n) is 23.7. The van der Waals surface area contributed by atoms with Crippen molar-refractivity contribution in [3.05, 3.63) is 64.5 Å². The number of hydrogen-bond acceptors (Lipinski definition) is 9. The second-order valence-electron chi connectivity index (χ2n) is 10.3. The van der Waals surface area contributed by atoms with Gasteiger partial charge in [-0.15, -0.1) is 0 Å². The van der Waals surface area contributed by atoms with Gasteiger partial charge in [0.2, 0.25) is 10.0 Å². The van der Waals surface area contributed by atoms with Crippen molar-refractivity contribution in [2.45, 2.75) is 49.6 Å². The van der Waals surface area contributed by atoms with Crippen molar-refractivity contribution in [2.24, 2.45) is 5.92 Å². The summed E-state index contributed by atoms with van der Waals surface area (Å²) < 4.78 is 67.7. The molecule has 228 valence electrons. The molecule has 2 N–H and O–H groups in total. The van der Waals surface area contributed by atoms with Crippen LogP contribution >= 0.6 is 11.6 Å². The van der Waals surface area contributed by atoms with Crippen molar-refractivity contribution >= 4 is 43.2 Å². The van der Waals surface area contributed by atoms with Gasteiger partial charge in [0.05, 0.1) is 29.7 Å². The van der Waals surface area contributed by atoms with Crippen molar-refractivity contribution in [1.29, 1.82) is 0 Å². The number of ether oxygens (including phenoxy) is 1. The number of rotatable bonds is 9. The van der Waals surface area contributed by atoms with Gasteiger partial charge in [-0.05, 0) is 63.2 Å². The van der Waals surface area contributed by atoms with Gasteiger partial charge in [0.15, 0.2) is 5.76 Å². The maximum atomic E-state index is 13.7. The molecule has 0 saturated heterocycles. The smallest absolute Gasteiger partial charge is 0.261 e. The molecule has 4 rings (SSSR count). The summed E-state index contributed by atoms with van der Waals surface area (Å²) in [5, 5.41) is 14.0. The number of nitrogens with one attached hydrogen (secondary N) is 1. The van der Waals surface area contributed by atoms with E-state index in [1.54, 1.807) is 13.8 Å². The lowest BCUT2D eigenvalue weighted by Gasteiger charge is -2.38. The van der Waals surface area contributed by atoms with E-state index in [1.807, 2.05) is 6.92 Å². The molecule has 1 aliphatic heterocycles. The lowest BCUT2D eigenvalue weighted by Crippen LogP contribution is -2.50. The van der Waals surface area contributed by atoms with Crippen LogP contribution in [0.5, 0.6) is 5.75 Å². The second kappa shape index (κ2) is 12.2. The predicted octanol–water partition coefficient (Wildman–Crippen LogP) is 3.29. The molecule has 0 bridgehead atoms. The van der Waals surface area contributed by atoms with E-state index < -0.39 is 38.1 Å². The number of aliphatic hydroxyl groups is 1. The summed E-state index contributed by atoms with van der Waals surface area (Å²) in [6, 6.07) is 9.31. The van der Waals surface area contributed by atoms with Crippen molar-refractivity contribution in [3.8, 4) is 5.75 Å². The molecule has 2 aromatic carbocycles. The van der Waals surface area contributed by atoms with Crippen molar-refractivity contribution in [3.63, 3.8) is 0 Å². The number of hydrogen-bond donors (Lipinski definition) is 2. The minimum atomic E-state index is -4.01. The first kappa shape index (κ1) is 31.8. The highest BCUT2D eigenvalue weighted by atomic mass is 35.5. The van der Waals surface area contributed by atoms with E-state index in [9.17, 15) is 26.7 Å². The fourth-order valence-electron chi connectivity index (χ4n) is 4.68. The molecule has 1 aliphatic rings. The van der Waals surface area contributed by atoms with E-state index in [0.29, 0.717) is 5.02 Å². The number of anilines is 1. The summed E-state index contributed by atoms with van der Waals surface area (Å²) >= 11 is 5.88. The van der Waals surface area contributed by atoms with Gasteiger partial charge in [-0.25, -0.2) is 16.8 Å². The lowest BCUT2D eigenvalue weighted by molar-refractivity contribution is 0.0387. The number of benzene rings is 2. The van der Waals surface area contributed by atoms with Gasteiger partial charge in [0.1, 0.15) is 22.4 Å². The number of aryl methyl sites for hydroxylation is 2. The molecule has 12 nitrogen and oxygen atoms in total. The fourth-order valence-corrected chi connectivity index (χ4v) is 7.32. The third-order valence-corrected chi connectivity index (χ3v) is 10.8. The van der Waals surface area contributed by atoms with Gasteiger partial charge in [-0.2, -0.15) is 4.31 Å². The topological polar surface area (TPSA) is 159 Å². The van der Waals surface area contributed by atoms with Gasteiger partial charge in [-0.1, -0.05) is 23.7 Å². The highest BCUT2D eigenvalue weighted by molar-refractivity contribution is 7.92. The van der Waals surface area contributed by atoms with Crippen LogP contribution in [0.3, 0.4) is 0 Å². The molecule has 3 aromatic rings. The minimum Gasteiger partial charge on any atom is -0.488 e. The van der Waals surface area contributed by atoms with Crippen LogP contribution in [-0.2, 0) is 20.0 Å². The Morgan fingerprint density at radius 3 is 2.43 bits per heavy atom. The number of likely N-dealkylation sites (N-methyl/N-ethyl adjacent to an activating group) is 1. The van der Waals surface area contributed by atoms with Crippen LogP contribution in [0, 0.1) is 19.8 Å². The quantitative estimate of drug-likeness (QED) is 0.358. The van der Waals surface area contributed by atoms with Crippen molar-refractivity contribution in [2.75, 3.05) is 31.5 Å². The number of sulfonamides is 2. The Kier molecular flexibility index (Phi) is 9.23. The van der Waals surface area contributed by atoms with Crippen LogP contribution in [0.25, 0.3) is 0 Å². The van der Waals surface area contributed by atoms with Gasteiger partial charge in [-0.3, -0.25) is 9.52 Å². The Morgan fingerprint density at radius 2 is 1.83 bits per heavy atom. The van der Waals surface area contributed by atoms with Crippen LogP contribution in [0.15, 0.2) is 56.8 Å². The maximum Gasteiger partial charge on any atom is 0.261 e. The largest absolute Gasteiger partial charge is 0.488 e. The zero-order chi connectivity index (χ0) is 31.0. The molecule has 0 unspecified atom stereocenters. The Labute approximate surface area is 250 Å². The zero-order valence-corrected chi connectivity index (χ0v) is 26.1. The monoisotopic (exact) mass is 640 g/mol. The summed E-state index contributed by atoms with van der Waals surface area (Å²) in [4.78, 5) is 15.1. The highest BCUT2D eigenvalue weighted by Crippen LogP contribution is 2.32. The number of carbonyl (C=O) groups excluding carboxylic acids is 1. The SMILES string of the molecule is Cc1noc(C)c1S(=O)(=O)N(C)C[C@H]1Oc2ccc(NS(=O)(=O)c3ccc(Cl)cc3)cc2C(=O)N([C@H](C)CO)C[C@H]1C. The first-order valence-electron chi connectivity index (χ1n) is 13.1. The van der Waals surface area contributed by atoms with E-state index in [0.717, 1.165) is 4.31 Å². The predicted molar refractivity (Wildman–Crippen MR) is 156 cm³/mol. The Balaban J connectivity index is 1.69. The van der Waals surface area contributed by atoms with Crippen LogP contribution in [0.2, 0.25) is 5.02 Å². The summed E-state index contributed by atoms with van der Waals surface area (Å²) in [5.41, 5.74) is 0.402. The number of aromatic nitrogens is 1. The molecule has 0 spiro atoms.